The van der Waals surface area contributed by atoms with Crippen molar-refractivity contribution in [1.29, 1.82) is 0 Å². The summed E-state index contributed by atoms with van der Waals surface area (Å²) in [5, 5.41) is 18.1. The monoisotopic (exact) mass is 519 g/mol. The van der Waals surface area contributed by atoms with E-state index in [-0.39, 0.29) is 29.7 Å². The van der Waals surface area contributed by atoms with Gasteiger partial charge in [-0.15, -0.1) is 11.3 Å². The first-order chi connectivity index (χ1) is 17.4. The van der Waals surface area contributed by atoms with Crippen molar-refractivity contribution >= 4 is 45.7 Å². The number of thiophene rings is 1. The summed E-state index contributed by atoms with van der Waals surface area (Å²) in [7, 11) is 0. The molecule has 184 valence electrons. The number of amides is 1. The number of carboxylic acids is 1. The molecule has 0 aliphatic heterocycles. The van der Waals surface area contributed by atoms with Crippen molar-refractivity contribution in [2.24, 2.45) is 11.3 Å². The number of hydrogen-bond acceptors (Lipinski definition) is 4. The zero-order valence-electron chi connectivity index (χ0n) is 19.6. The van der Waals surface area contributed by atoms with E-state index in [4.69, 9.17) is 16.7 Å². The number of hydrogen-bond donors (Lipinski definition) is 2. The molecular formula is C28H26ClN3O3S. The lowest BCUT2D eigenvalue weighted by Crippen LogP contribution is -2.56. The zero-order chi connectivity index (χ0) is 24.9. The van der Waals surface area contributed by atoms with Crippen molar-refractivity contribution in [2.75, 3.05) is 0 Å². The first-order valence-electron chi connectivity index (χ1n) is 12.2. The predicted octanol–water partition coefficient (Wildman–Crippen LogP) is 6.23. The van der Waals surface area contributed by atoms with Gasteiger partial charge in [0.1, 0.15) is 0 Å². The van der Waals surface area contributed by atoms with E-state index in [0.717, 1.165) is 41.5 Å². The maximum absolute atomic E-state index is 13.3. The molecule has 1 spiro atoms. The molecule has 2 aromatic carbocycles. The number of halogens is 1. The van der Waals surface area contributed by atoms with Crippen LogP contribution >= 0.6 is 22.9 Å². The van der Waals surface area contributed by atoms with Crippen molar-refractivity contribution in [1.82, 2.24) is 15.1 Å². The van der Waals surface area contributed by atoms with Gasteiger partial charge in [-0.1, -0.05) is 41.9 Å². The molecular weight excluding hydrogens is 494 g/mol. The highest BCUT2D eigenvalue weighted by atomic mass is 35.5. The topological polar surface area (TPSA) is 84.2 Å². The Morgan fingerprint density at radius 2 is 1.86 bits per heavy atom. The highest BCUT2D eigenvalue weighted by molar-refractivity contribution is 7.15. The number of carbonyl (C=O) groups is 2. The largest absolute Gasteiger partial charge is 0.481 e. The summed E-state index contributed by atoms with van der Waals surface area (Å²) >= 11 is 8.18. The molecule has 0 unspecified atom stereocenters. The molecule has 2 aliphatic rings. The van der Waals surface area contributed by atoms with E-state index in [1.165, 1.54) is 10.4 Å². The maximum Gasteiger partial charge on any atom is 0.303 e. The molecule has 2 aliphatic carbocycles. The normalized spacial score (nSPS) is 22.8. The molecule has 6 nitrogen and oxygen atoms in total. The van der Waals surface area contributed by atoms with E-state index < -0.39 is 5.97 Å². The number of fused-ring (bicyclic) bond motifs is 1. The van der Waals surface area contributed by atoms with Crippen molar-refractivity contribution in [3.8, 4) is 10.4 Å². The fourth-order valence-corrected chi connectivity index (χ4v) is 7.28. The third kappa shape index (κ3) is 4.31. The van der Waals surface area contributed by atoms with Crippen LogP contribution in [0, 0.1) is 11.3 Å². The molecule has 2 heterocycles. The first kappa shape index (κ1) is 23.3. The van der Waals surface area contributed by atoms with Gasteiger partial charge in [0.15, 0.2) is 0 Å². The number of rotatable bonds is 7. The van der Waals surface area contributed by atoms with Gasteiger partial charge in [0.2, 0.25) is 0 Å². The van der Waals surface area contributed by atoms with Gasteiger partial charge in [-0.25, -0.2) is 0 Å². The van der Waals surface area contributed by atoms with Crippen LogP contribution in [0.5, 0.6) is 0 Å². The molecule has 6 rings (SSSR count). The second-order valence-electron chi connectivity index (χ2n) is 10.2. The van der Waals surface area contributed by atoms with Gasteiger partial charge in [-0.2, -0.15) is 5.10 Å². The number of carboxylic acid groups (broad SMARTS) is 1. The Bertz CT molecular complexity index is 1450. The standard InChI is InChI=1S/C28H26ClN3O3S/c29-23-8-7-21(27(35)31-19-13-28(14-19)11-17(12-28)10-25(33)34)26-22(23)15-30-32(26)16-20-6-9-24(36-20)18-4-2-1-3-5-18/h1-9,15,17,19H,10-14,16H2,(H,31,35)(H,33,34). The minimum absolute atomic E-state index is 0.115. The van der Waals surface area contributed by atoms with Gasteiger partial charge in [0, 0.05) is 27.6 Å². The molecule has 0 saturated heterocycles. The maximum atomic E-state index is 13.3. The van der Waals surface area contributed by atoms with Crippen LogP contribution in [0.15, 0.2) is 60.8 Å². The van der Waals surface area contributed by atoms with Crippen LogP contribution in [0.1, 0.15) is 47.3 Å². The summed E-state index contributed by atoms with van der Waals surface area (Å²) in [5.74, 6) is -0.555. The molecule has 0 atom stereocenters. The van der Waals surface area contributed by atoms with Crippen LogP contribution in [-0.4, -0.2) is 32.8 Å². The summed E-state index contributed by atoms with van der Waals surface area (Å²) in [6.45, 7) is 0.555. The highest BCUT2D eigenvalue weighted by Gasteiger charge is 2.53. The second-order valence-corrected chi connectivity index (χ2v) is 11.8. The minimum atomic E-state index is -0.721. The van der Waals surface area contributed by atoms with Crippen molar-refractivity contribution in [3.05, 3.63) is 76.3 Å². The van der Waals surface area contributed by atoms with Gasteiger partial charge in [0.25, 0.3) is 5.91 Å². The van der Waals surface area contributed by atoms with E-state index in [1.807, 2.05) is 22.9 Å². The Balaban J connectivity index is 1.18. The molecule has 1 amide bonds. The lowest BCUT2D eigenvalue weighted by molar-refractivity contribution is -0.142. The van der Waals surface area contributed by atoms with Gasteiger partial charge >= 0.3 is 5.97 Å². The molecule has 0 bridgehead atoms. The molecule has 36 heavy (non-hydrogen) atoms. The minimum Gasteiger partial charge on any atom is -0.481 e. The number of aromatic nitrogens is 2. The Hall–Kier alpha value is -3.16. The molecule has 2 fully saturated rings. The van der Waals surface area contributed by atoms with Crippen LogP contribution in [0.25, 0.3) is 21.3 Å². The van der Waals surface area contributed by atoms with Crippen LogP contribution in [-0.2, 0) is 11.3 Å². The average molecular weight is 520 g/mol. The van der Waals surface area contributed by atoms with Crippen LogP contribution in [0.4, 0.5) is 0 Å². The summed E-state index contributed by atoms with van der Waals surface area (Å²) < 4.78 is 1.86. The molecule has 0 radical (unpaired) electrons. The zero-order valence-corrected chi connectivity index (χ0v) is 21.2. The fourth-order valence-electron chi connectivity index (χ4n) is 6.08. The predicted molar refractivity (Wildman–Crippen MR) is 141 cm³/mol. The van der Waals surface area contributed by atoms with E-state index in [0.29, 0.717) is 17.1 Å². The Morgan fingerprint density at radius 1 is 1.08 bits per heavy atom. The van der Waals surface area contributed by atoms with Crippen molar-refractivity contribution < 1.29 is 14.7 Å². The van der Waals surface area contributed by atoms with Crippen molar-refractivity contribution in [2.45, 2.75) is 44.7 Å². The van der Waals surface area contributed by atoms with E-state index >= 15 is 0 Å². The number of nitrogens with zero attached hydrogens (tertiary/aromatic N) is 2. The van der Waals surface area contributed by atoms with E-state index in [1.54, 1.807) is 29.7 Å². The number of aliphatic carboxylic acids is 1. The molecule has 8 heteroatoms. The Morgan fingerprint density at radius 3 is 2.61 bits per heavy atom. The third-order valence-corrected chi connectivity index (χ3v) is 9.07. The van der Waals surface area contributed by atoms with E-state index in [9.17, 15) is 9.59 Å². The third-order valence-electron chi connectivity index (χ3n) is 7.62. The number of benzene rings is 2. The summed E-state index contributed by atoms with van der Waals surface area (Å²) in [6.07, 6.45) is 5.73. The first-order valence-corrected chi connectivity index (χ1v) is 13.4. The van der Waals surface area contributed by atoms with Gasteiger partial charge in [-0.05, 0) is 66.8 Å². The smallest absolute Gasteiger partial charge is 0.303 e. The van der Waals surface area contributed by atoms with Crippen molar-refractivity contribution in [3.63, 3.8) is 0 Å². The average Bonchev–Trinajstić information content (AvgIpc) is 3.45. The van der Waals surface area contributed by atoms with Gasteiger partial charge in [0.05, 0.1) is 28.8 Å². The second kappa shape index (κ2) is 9.05. The highest BCUT2D eigenvalue weighted by Crippen LogP contribution is 2.59. The lowest BCUT2D eigenvalue weighted by Gasteiger charge is -2.57. The van der Waals surface area contributed by atoms with Gasteiger partial charge < -0.3 is 10.4 Å². The molecule has 2 aromatic heterocycles. The van der Waals surface area contributed by atoms with Crippen LogP contribution < -0.4 is 5.32 Å². The summed E-state index contributed by atoms with van der Waals surface area (Å²) in [4.78, 5) is 26.6. The fraction of sp³-hybridized carbons (Fsp3) is 0.321. The van der Waals surface area contributed by atoms with E-state index in [2.05, 4.69) is 34.7 Å². The Kier molecular flexibility index (Phi) is 5.85. The number of carbonyl (C=O) groups excluding carboxylic acids is 1. The molecule has 2 saturated carbocycles. The Labute approximate surface area is 217 Å². The van der Waals surface area contributed by atoms with Crippen LogP contribution in [0.3, 0.4) is 0 Å². The quantitative estimate of drug-likeness (QED) is 0.303. The summed E-state index contributed by atoms with van der Waals surface area (Å²) in [5.41, 5.74) is 2.73. The molecule has 2 N–H and O–H groups in total. The van der Waals surface area contributed by atoms with Crippen LogP contribution in [0.2, 0.25) is 5.02 Å². The SMILES string of the molecule is O=C(O)CC1CC2(C1)CC(NC(=O)c1ccc(Cl)c3cnn(Cc4ccc(-c5ccccc5)s4)c13)C2. The van der Waals surface area contributed by atoms with Gasteiger partial charge in [-0.3, -0.25) is 14.3 Å². The lowest BCUT2D eigenvalue weighted by atomic mass is 9.49. The number of nitrogens with one attached hydrogen (secondary N) is 1. The summed E-state index contributed by atoms with van der Waals surface area (Å²) in [6, 6.07) is 18.2. The molecule has 4 aromatic rings.